The van der Waals surface area contributed by atoms with Gasteiger partial charge in [0, 0.05) is 23.6 Å². The summed E-state index contributed by atoms with van der Waals surface area (Å²) in [5.74, 6) is 0.173. The second-order valence-corrected chi connectivity index (χ2v) is 9.33. The maximum absolute atomic E-state index is 13.0. The van der Waals surface area contributed by atoms with Crippen molar-refractivity contribution in [1.82, 2.24) is 14.7 Å². The Bertz CT molecular complexity index is 1110. The fraction of sp³-hybridized carbons (Fsp3) is 0.370. The van der Waals surface area contributed by atoms with Crippen LogP contribution in [0, 0.1) is 6.92 Å². The zero-order valence-electron chi connectivity index (χ0n) is 20.5. The number of amides is 2. The zero-order valence-corrected chi connectivity index (χ0v) is 20.5. The van der Waals surface area contributed by atoms with Gasteiger partial charge in [0.05, 0.1) is 11.4 Å². The van der Waals surface area contributed by atoms with Crippen molar-refractivity contribution in [2.75, 3.05) is 18.4 Å². The molecule has 33 heavy (non-hydrogen) atoms. The number of aromatic nitrogens is 2. The minimum absolute atomic E-state index is 0.0329. The van der Waals surface area contributed by atoms with Gasteiger partial charge in [-0.3, -0.25) is 9.59 Å². The van der Waals surface area contributed by atoms with Crippen LogP contribution in [0.3, 0.4) is 0 Å². The molecule has 2 amide bonds. The number of aryl methyl sites for hydroxylation is 2. The predicted octanol–water partition coefficient (Wildman–Crippen LogP) is 5.14. The van der Waals surface area contributed by atoms with E-state index in [1.54, 1.807) is 9.58 Å². The molecule has 0 radical (unpaired) electrons. The first-order chi connectivity index (χ1) is 15.6. The van der Waals surface area contributed by atoms with Gasteiger partial charge in [0.2, 0.25) is 5.91 Å². The molecule has 0 unspecified atom stereocenters. The number of anilines is 1. The predicted molar refractivity (Wildman–Crippen MR) is 133 cm³/mol. The molecule has 3 rings (SSSR count). The van der Waals surface area contributed by atoms with Gasteiger partial charge in [-0.1, -0.05) is 57.5 Å². The molecule has 2 aromatic carbocycles. The Hall–Kier alpha value is -3.41. The van der Waals surface area contributed by atoms with Crippen molar-refractivity contribution in [3.63, 3.8) is 0 Å². The first-order valence-electron chi connectivity index (χ1n) is 11.5. The van der Waals surface area contributed by atoms with Gasteiger partial charge in [-0.2, -0.15) is 5.10 Å². The summed E-state index contributed by atoms with van der Waals surface area (Å²) in [6.45, 7) is 12.6. The fourth-order valence-electron chi connectivity index (χ4n) is 3.47. The molecule has 0 atom stereocenters. The lowest BCUT2D eigenvalue weighted by Crippen LogP contribution is -2.38. The molecule has 0 aliphatic rings. The van der Waals surface area contributed by atoms with E-state index in [9.17, 15) is 9.59 Å². The Balaban J connectivity index is 1.81. The number of hydrogen-bond donors (Lipinski definition) is 1. The average Bonchev–Trinajstić information content (AvgIpc) is 3.21. The maximum Gasteiger partial charge on any atom is 0.254 e. The van der Waals surface area contributed by atoms with E-state index >= 15 is 0 Å². The van der Waals surface area contributed by atoms with Gasteiger partial charge in [-0.25, -0.2) is 4.68 Å². The van der Waals surface area contributed by atoms with Gasteiger partial charge >= 0.3 is 0 Å². The van der Waals surface area contributed by atoms with Crippen LogP contribution in [0.15, 0.2) is 54.6 Å². The van der Waals surface area contributed by atoms with E-state index < -0.39 is 0 Å². The summed E-state index contributed by atoms with van der Waals surface area (Å²) in [4.78, 5) is 27.5. The minimum Gasteiger partial charge on any atom is -0.330 e. The Morgan fingerprint density at radius 3 is 2.18 bits per heavy atom. The van der Waals surface area contributed by atoms with Gasteiger partial charge in [0.25, 0.3) is 5.91 Å². The first kappa shape index (κ1) is 24.2. The normalized spacial score (nSPS) is 11.3. The molecule has 0 saturated carbocycles. The third-order valence-electron chi connectivity index (χ3n) is 5.64. The molecular weight excluding hydrogens is 412 g/mol. The summed E-state index contributed by atoms with van der Waals surface area (Å²) >= 11 is 0. The Labute approximate surface area is 196 Å². The van der Waals surface area contributed by atoms with Crippen molar-refractivity contribution in [3.05, 3.63) is 77.0 Å². The number of likely N-dealkylation sites (N-methyl/N-ethyl adjacent to an activating group) is 1. The highest BCUT2D eigenvalue weighted by Gasteiger charge is 2.23. The molecule has 1 aromatic heterocycles. The van der Waals surface area contributed by atoms with Crippen molar-refractivity contribution in [2.45, 2.75) is 53.4 Å². The van der Waals surface area contributed by atoms with Gasteiger partial charge in [-0.05, 0) is 50.1 Å². The van der Waals surface area contributed by atoms with E-state index in [2.05, 4.69) is 33.0 Å². The average molecular weight is 447 g/mol. The van der Waals surface area contributed by atoms with Crippen LogP contribution in [0.4, 0.5) is 5.82 Å². The molecule has 174 valence electrons. The molecule has 0 saturated heterocycles. The van der Waals surface area contributed by atoms with Gasteiger partial charge in [0.15, 0.2) is 0 Å². The number of carbonyl (C=O) groups is 2. The molecule has 1 N–H and O–H groups in total. The molecule has 0 bridgehead atoms. The standard InChI is InChI=1S/C27H34N4O2/c1-7-20-11-13-21(14-12-20)26(33)30(8-2)18-25(32)28-24-17-23(27(4,5)6)29-31(24)22-15-9-19(3)10-16-22/h9-17H,7-8,18H2,1-6H3,(H,28,32). The summed E-state index contributed by atoms with van der Waals surface area (Å²) in [6, 6.07) is 17.4. The molecule has 6 nitrogen and oxygen atoms in total. The largest absolute Gasteiger partial charge is 0.330 e. The number of rotatable bonds is 7. The highest BCUT2D eigenvalue weighted by Crippen LogP contribution is 2.26. The summed E-state index contributed by atoms with van der Waals surface area (Å²) in [7, 11) is 0. The van der Waals surface area contributed by atoms with Crippen LogP contribution in [0.25, 0.3) is 5.69 Å². The van der Waals surface area contributed by atoms with Crippen molar-refractivity contribution in [1.29, 1.82) is 0 Å². The molecule has 0 aliphatic carbocycles. The third-order valence-corrected chi connectivity index (χ3v) is 5.64. The molecule has 0 aliphatic heterocycles. The Morgan fingerprint density at radius 1 is 1.00 bits per heavy atom. The van der Waals surface area contributed by atoms with E-state index in [4.69, 9.17) is 5.10 Å². The van der Waals surface area contributed by atoms with Crippen molar-refractivity contribution in [2.24, 2.45) is 0 Å². The zero-order chi connectivity index (χ0) is 24.2. The van der Waals surface area contributed by atoms with Gasteiger partial charge in [0.1, 0.15) is 12.4 Å². The number of nitrogens with one attached hydrogen (secondary N) is 1. The Morgan fingerprint density at radius 2 is 1.64 bits per heavy atom. The quantitative estimate of drug-likeness (QED) is 0.546. The number of carbonyl (C=O) groups excluding carboxylic acids is 2. The monoisotopic (exact) mass is 446 g/mol. The minimum atomic E-state index is -0.260. The smallest absolute Gasteiger partial charge is 0.254 e. The number of benzene rings is 2. The van der Waals surface area contributed by atoms with E-state index in [0.717, 1.165) is 23.4 Å². The van der Waals surface area contributed by atoms with Crippen LogP contribution in [0.2, 0.25) is 0 Å². The van der Waals surface area contributed by atoms with E-state index in [-0.39, 0.29) is 23.8 Å². The van der Waals surface area contributed by atoms with Crippen molar-refractivity contribution in [3.8, 4) is 5.69 Å². The third kappa shape index (κ3) is 5.89. The van der Waals surface area contributed by atoms with Gasteiger partial charge < -0.3 is 10.2 Å². The van der Waals surface area contributed by atoms with Gasteiger partial charge in [-0.15, -0.1) is 0 Å². The highest BCUT2D eigenvalue weighted by molar-refractivity contribution is 5.99. The molecule has 6 heteroatoms. The summed E-state index contributed by atoms with van der Waals surface area (Å²) < 4.78 is 1.75. The van der Waals surface area contributed by atoms with E-state index in [1.807, 2.05) is 68.4 Å². The summed E-state index contributed by atoms with van der Waals surface area (Å²) in [5, 5.41) is 7.73. The lowest BCUT2D eigenvalue weighted by molar-refractivity contribution is -0.116. The second-order valence-electron chi connectivity index (χ2n) is 9.33. The molecule has 0 spiro atoms. The van der Waals surface area contributed by atoms with Crippen LogP contribution in [0.1, 0.15) is 61.8 Å². The fourth-order valence-corrected chi connectivity index (χ4v) is 3.47. The molecule has 1 heterocycles. The Kier molecular flexibility index (Phi) is 7.36. The second kappa shape index (κ2) is 10.0. The number of hydrogen-bond acceptors (Lipinski definition) is 3. The maximum atomic E-state index is 13.0. The molecular formula is C27H34N4O2. The summed E-state index contributed by atoms with van der Waals surface area (Å²) in [6.07, 6.45) is 0.916. The van der Waals surface area contributed by atoms with Crippen molar-refractivity contribution >= 4 is 17.6 Å². The number of nitrogens with zero attached hydrogens (tertiary/aromatic N) is 3. The molecule has 3 aromatic rings. The highest BCUT2D eigenvalue weighted by atomic mass is 16.2. The van der Waals surface area contributed by atoms with E-state index in [0.29, 0.717) is 17.9 Å². The van der Waals surface area contributed by atoms with Crippen LogP contribution in [-0.2, 0) is 16.6 Å². The van der Waals surface area contributed by atoms with Crippen LogP contribution in [0.5, 0.6) is 0 Å². The topological polar surface area (TPSA) is 67.2 Å². The van der Waals surface area contributed by atoms with E-state index in [1.165, 1.54) is 5.56 Å². The lowest BCUT2D eigenvalue weighted by Gasteiger charge is -2.20. The first-order valence-corrected chi connectivity index (χ1v) is 11.5. The SMILES string of the molecule is CCc1ccc(C(=O)N(CC)CC(=O)Nc2cc(C(C)(C)C)nn2-c2ccc(C)cc2)cc1. The molecule has 0 fully saturated rings. The van der Waals surface area contributed by atoms with Crippen LogP contribution in [-0.4, -0.2) is 39.6 Å². The summed E-state index contributed by atoms with van der Waals surface area (Å²) in [5.41, 5.74) is 4.47. The van der Waals surface area contributed by atoms with Crippen molar-refractivity contribution < 1.29 is 9.59 Å². The lowest BCUT2D eigenvalue weighted by atomic mass is 9.92. The van der Waals surface area contributed by atoms with Crippen LogP contribution < -0.4 is 5.32 Å². The van der Waals surface area contributed by atoms with Crippen LogP contribution >= 0.6 is 0 Å².